The molecule has 0 saturated carbocycles. The predicted octanol–water partition coefficient (Wildman–Crippen LogP) is 0.622. The number of nitrogens with one attached hydrogen (secondary N) is 2. The van der Waals surface area contributed by atoms with Gasteiger partial charge in [-0.1, -0.05) is 24.3 Å². The van der Waals surface area contributed by atoms with Crippen molar-refractivity contribution in [3.8, 4) is 0 Å². The minimum absolute atomic E-state index is 0. The van der Waals surface area contributed by atoms with Gasteiger partial charge in [-0.25, -0.2) is 4.79 Å². The lowest BCUT2D eigenvalue weighted by Crippen LogP contribution is -2.40. The van der Waals surface area contributed by atoms with Crippen LogP contribution in [0.5, 0.6) is 0 Å². The first-order valence-corrected chi connectivity index (χ1v) is 4.99. The molecule has 0 radical (unpaired) electrons. The number of carbonyl (C=O) groups excluding carboxylic acids is 2. The number of hydrogen-bond acceptors (Lipinski definition) is 3. The van der Waals surface area contributed by atoms with Gasteiger partial charge < -0.3 is 11.1 Å². The smallest absolute Gasteiger partial charge is 0.322 e. The Morgan fingerprint density at radius 3 is 2.24 bits per heavy atom. The van der Waals surface area contributed by atoms with Gasteiger partial charge in [0.1, 0.15) is 5.54 Å². The van der Waals surface area contributed by atoms with Crippen molar-refractivity contribution in [2.45, 2.75) is 19.0 Å². The van der Waals surface area contributed by atoms with E-state index in [-0.39, 0.29) is 18.3 Å². The number of halogens is 1. The first kappa shape index (κ1) is 13.5. The molecule has 5 nitrogen and oxygen atoms in total. The minimum atomic E-state index is -0.982. The van der Waals surface area contributed by atoms with Crippen LogP contribution in [0, 0.1) is 0 Å². The van der Waals surface area contributed by atoms with Crippen molar-refractivity contribution in [3.05, 3.63) is 35.4 Å². The van der Waals surface area contributed by atoms with Gasteiger partial charge in [0.2, 0.25) is 0 Å². The maximum Gasteiger partial charge on any atom is 0.322 e. The molecule has 1 aromatic carbocycles. The summed E-state index contributed by atoms with van der Waals surface area (Å²) in [5.41, 5.74) is 6.23. The van der Waals surface area contributed by atoms with Gasteiger partial charge in [0.15, 0.2) is 0 Å². The molecule has 1 aromatic rings. The lowest BCUT2D eigenvalue weighted by Gasteiger charge is -2.21. The van der Waals surface area contributed by atoms with Crippen LogP contribution in [0.15, 0.2) is 24.3 Å². The molecule has 92 valence electrons. The van der Waals surface area contributed by atoms with Crippen molar-refractivity contribution in [2.75, 3.05) is 0 Å². The van der Waals surface area contributed by atoms with E-state index in [0.29, 0.717) is 6.54 Å². The summed E-state index contributed by atoms with van der Waals surface area (Å²) in [4.78, 5) is 22.7. The molecule has 1 aliphatic heterocycles. The Bertz CT molecular complexity index is 447. The number of benzene rings is 1. The SMILES string of the molecule is CC1(c2ccc(CN)cc2)NC(=O)NC1=O.Cl. The number of amides is 3. The zero-order chi connectivity index (χ0) is 11.8. The Labute approximate surface area is 105 Å². The van der Waals surface area contributed by atoms with E-state index in [4.69, 9.17) is 5.73 Å². The molecular formula is C11H14ClN3O2. The summed E-state index contributed by atoms with van der Waals surface area (Å²) in [5, 5.41) is 4.82. The summed E-state index contributed by atoms with van der Waals surface area (Å²) >= 11 is 0. The molecule has 6 heteroatoms. The highest BCUT2D eigenvalue weighted by Crippen LogP contribution is 2.24. The molecule has 17 heavy (non-hydrogen) atoms. The van der Waals surface area contributed by atoms with Crippen LogP contribution in [0.4, 0.5) is 4.79 Å². The Morgan fingerprint density at radius 1 is 1.24 bits per heavy atom. The lowest BCUT2D eigenvalue weighted by atomic mass is 9.91. The summed E-state index contributed by atoms with van der Waals surface area (Å²) in [7, 11) is 0. The summed E-state index contributed by atoms with van der Waals surface area (Å²) in [6, 6.07) is 6.83. The second kappa shape index (κ2) is 4.73. The molecule has 2 rings (SSSR count). The number of hydrogen-bond donors (Lipinski definition) is 3. The van der Waals surface area contributed by atoms with Gasteiger partial charge in [-0.15, -0.1) is 12.4 Å². The van der Waals surface area contributed by atoms with Crippen LogP contribution in [-0.4, -0.2) is 11.9 Å². The molecule has 4 N–H and O–H groups in total. The van der Waals surface area contributed by atoms with E-state index >= 15 is 0 Å². The zero-order valence-corrected chi connectivity index (χ0v) is 10.1. The van der Waals surface area contributed by atoms with Crippen molar-refractivity contribution < 1.29 is 9.59 Å². The van der Waals surface area contributed by atoms with Crippen LogP contribution in [0.2, 0.25) is 0 Å². The minimum Gasteiger partial charge on any atom is -0.326 e. The van der Waals surface area contributed by atoms with Crippen LogP contribution in [-0.2, 0) is 16.9 Å². The predicted molar refractivity (Wildman–Crippen MR) is 65.6 cm³/mol. The molecule has 3 amide bonds. The zero-order valence-electron chi connectivity index (χ0n) is 9.32. The van der Waals surface area contributed by atoms with E-state index in [9.17, 15) is 9.59 Å². The third-order valence-electron chi connectivity index (χ3n) is 2.81. The average Bonchev–Trinajstić information content (AvgIpc) is 2.54. The fourth-order valence-corrected chi connectivity index (χ4v) is 1.72. The van der Waals surface area contributed by atoms with E-state index in [1.165, 1.54) is 0 Å². The molecule has 0 aromatic heterocycles. The fourth-order valence-electron chi connectivity index (χ4n) is 1.72. The first-order valence-electron chi connectivity index (χ1n) is 4.99. The maximum atomic E-state index is 11.6. The van der Waals surface area contributed by atoms with Crippen molar-refractivity contribution >= 4 is 24.3 Å². The quantitative estimate of drug-likeness (QED) is 0.678. The molecule has 1 fully saturated rings. The van der Waals surface area contributed by atoms with Crippen molar-refractivity contribution in [3.63, 3.8) is 0 Å². The van der Waals surface area contributed by atoms with E-state index < -0.39 is 11.6 Å². The number of nitrogens with two attached hydrogens (primary N) is 1. The largest absolute Gasteiger partial charge is 0.326 e. The molecular weight excluding hydrogens is 242 g/mol. The van der Waals surface area contributed by atoms with Gasteiger partial charge in [0.25, 0.3) is 5.91 Å². The van der Waals surface area contributed by atoms with Gasteiger partial charge >= 0.3 is 6.03 Å². The van der Waals surface area contributed by atoms with Crippen LogP contribution in [0.25, 0.3) is 0 Å². The Kier molecular flexibility index (Phi) is 3.75. The van der Waals surface area contributed by atoms with E-state index in [1.54, 1.807) is 19.1 Å². The number of urea groups is 1. The summed E-state index contributed by atoms with van der Waals surface area (Å²) in [5.74, 6) is -0.335. The summed E-state index contributed by atoms with van der Waals surface area (Å²) in [6.45, 7) is 2.13. The fraction of sp³-hybridized carbons (Fsp3) is 0.273. The third kappa shape index (κ3) is 2.25. The lowest BCUT2D eigenvalue weighted by molar-refractivity contribution is -0.123. The second-order valence-corrected chi connectivity index (χ2v) is 3.93. The molecule has 1 atom stereocenters. The molecule has 1 heterocycles. The molecule has 1 unspecified atom stereocenters. The third-order valence-corrected chi connectivity index (χ3v) is 2.81. The van der Waals surface area contributed by atoms with E-state index in [1.807, 2.05) is 12.1 Å². The normalized spacial score (nSPS) is 22.7. The van der Waals surface area contributed by atoms with Gasteiger partial charge in [0, 0.05) is 6.54 Å². The Balaban J connectivity index is 0.00000144. The molecule has 0 bridgehead atoms. The van der Waals surface area contributed by atoms with E-state index in [0.717, 1.165) is 11.1 Å². The molecule has 1 aliphatic rings. The van der Waals surface area contributed by atoms with Crippen molar-refractivity contribution in [2.24, 2.45) is 5.73 Å². The Morgan fingerprint density at radius 2 is 1.82 bits per heavy atom. The monoisotopic (exact) mass is 255 g/mol. The van der Waals surface area contributed by atoms with Crippen LogP contribution in [0.1, 0.15) is 18.1 Å². The standard InChI is InChI=1S/C11H13N3O2.ClH/c1-11(9(15)13-10(16)14-11)8-4-2-7(6-12)3-5-8;/h2-5H,6,12H2,1H3,(H2,13,14,15,16);1H. The number of imide groups is 1. The van der Waals surface area contributed by atoms with Gasteiger partial charge in [-0.05, 0) is 18.1 Å². The highest BCUT2D eigenvalue weighted by molar-refractivity contribution is 6.07. The summed E-state index contributed by atoms with van der Waals surface area (Å²) < 4.78 is 0. The van der Waals surface area contributed by atoms with Crippen molar-refractivity contribution in [1.82, 2.24) is 10.6 Å². The summed E-state index contributed by atoms with van der Waals surface area (Å²) in [6.07, 6.45) is 0. The van der Waals surface area contributed by atoms with Crippen LogP contribution < -0.4 is 16.4 Å². The van der Waals surface area contributed by atoms with Gasteiger partial charge in [-0.3, -0.25) is 10.1 Å². The number of carbonyl (C=O) groups is 2. The highest BCUT2D eigenvalue weighted by atomic mass is 35.5. The van der Waals surface area contributed by atoms with Crippen LogP contribution in [0.3, 0.4) is 0 Å². The highest BCUT2D eigenvalue weighted by Gasteiger charge is 2.43. The maximum absolute atomic E-state index is 11.6. The average molecular weight is 256 g/mol. The molecule has 0 spiro atoms. The number of rotatable bonds is 2. The van der Waals surface area contributed by atoms with Crippen molar-refractivity contribution in [1.29, 1.82) is 0 Å². The second-order valence-electron chi connectivity index (χ2n) is 3.93. The van der Waals surface area contributed by atoms with Gasteiger partial charge in [-0.2, -0.15) is 0 Å². The molecule has 1 saturated heterocycles. The Hall–Kier alpha value is -1.59. The van der Waals surface area contributed by atoms with Crippen LogP contribution >= 0.6 is 12.4 Å². The first-order chi connectivity index (χ1) is 7.56. The molecule has 0 aliphatic carbocycles. The van der Waals surface area contributed by atoms with Gasteiger partial charge in [0.05, 0.1) is 0 Å². The topological polar surface area (TPSA) is 84.2 Å². The van der Waals surface area contributed by atoms with E-state index in [2.05, 4.69) is 10.6 Å².